The Morgan fingerprint density at radius 2 is 1.07 bits per heavy atom. The van der Waals surface area contributed by atoms with E-state index in [1.165, 1.54) is 0 Å². The highest BCUT2D eigenvalue weighted by molar-refractivity contribution is 6.40. The van der Waals surface area contributed by atoms with Crippen LogP contribution in [0.5, 0.6) is 0 Å². The molecule has 0 bridgehead atoms. The van der Waals surface area contributed by atoms with Crippen LogP contribution in [0.4, 0.5) is 0 Å². The van der Waals surface area contributed by atoms with Crippen LogP contribution in [0.15, 0.2) is 148 Å². The Bertz CT molecular complexity index is 3030. The zero-order valence-corrected chi connectivity index (χ0v) is 24.4. The van der Waals surface area contributed by atoms with E-state index < -0.39 is 0 Å². The van der Waals surface area contributed by atoms with Crippen molar-refractivity contribution in [3.63, 3.8) is 0 Å². The summed E-state index contributed by atoms with van der Waals surface area (Å²) in [7, 11) is 0. The lowest BCUT2D eigenvalue weighted by molar-refractivity contribution is 0.669. The number of aromatic nitrogens is 3. The predicted molar refractivity (Wildman–Crippen MR) is 187 cm³/mol. The molecule has 4 heterocycles. The van der Waals surface area contributed by atoms with Crippen molar-refractivity contribution in [1.29, 1.82) is 0 Å². The summed E-state index contributed by atoms with van der Waals surface area (Å²) < 4.78 is 17.9. The van der Waals surface area contributed by atoms with E-state index in [2.05, 4.69) is 130 Å². The Morgan fingerprint density at radius 3 is 1.89 bits per heavy atom. The maximum Gasteiger partial charge on any atom is 0.220 e. The van der Waals surface area contributed by atoms with Gasteiger partial charge in [-0.25, -0.2) is 4.98 Å². The Hall–Kier alpha value is -6.33. The molecule has 0 aliphatic heterocycles. The highest BCUT2D eigenvalue weighted by atomic mass is 16.3. The van der Waals surface area contributed by atoms with Crippen LogP contribution in [0.1, 0.15) is 0 Å². The fourth-order valence-corrected chi connectivity index (χ4v) is 7.67. The number of hydrogen-bond donors (Lipinski definition) is 0. The predicted octanol–water partition coefficient (Wildman–Crippen LogP) is 11.1. The zero-order chi connectivity index (χ0) is 29.9. The van der Waals surface area contributed by atoms with Gasteiger partial charge in [-0.1, -0.05) is 84.9 Å². The smallest absolute Gasteiger partial charge is 0.220 e. The molecular formula is C41H23N3O2. The van der Waals surface area contributed by atoms with Crippen molar-refractivity contribution in [1.82, 2.24) is 14.1 Å². The topological polar surface area (TPSA) is 49.0 Å². The number of rotatable bonds is 2. The minimum absolute atomic E-state index is 0.826. The summed E-state index contributed by atoms with van der Waals surface area (Å²) in [5, 5.41) is 8.83. The first-order chi connectivity index (χ1) is 22.8. The number of para-hydroxylation sites is 6. The minimum atomic E-state index is 0.826. The summed E-state index contributed by atoms with van der Waals surface area (Å²) in [5.74, 6) is 0.826. The maximum atomic E-state index is 6.87. The van der Waals surface area contributed by atoms with E-state index in [0.29, 0.717) is 0 Å². The van der Waals surface area contributed by atoms with Crippen molar-refractivity contribution in [2.24, 2.45) is 0 Å². The van der Waals surface area contributed by atoms with E-state index in [4.69, 9.17) is 13.8 Å². The lowest BCUT2D eigenvalue weighted by atomic mass is 9.96. The Morgan fingerprint density at radius 1 is 0.413 bits per heavy atom. The molecule has 0 unspecified atom stereocenters. The molecule has 4 aromatic heterocycles. The Kier molecular flexibility index (Phi) is 4.52. The van der Waals surface area contributed by atoms with Crippen LogP contribution in [0.2, 0.25) is 0 Å². The molecule has 0 spiro atoms. The number of benzene rings is 7. The summed E-state index contributed by atoms with van der Waals surface area (Å²) in [4.78, 5) is 5.34. The van der Waals surface area contributed by atoms with Gasteiger partial charge in [-0.3, -0.25) is 9.13 Å². The first-order valence-electron chi connectivity index (χ1n) is 15.5. The van der Waals surface area contributed by atoms with Crippen LogP contribution < -0.4 is 0 Å². The van der Waals surface area contributed by atoms with Crippen LogP contribution in [0, 0.1) is 0 Å². The molecule has 11 aromatic rings. The monoisotopic (exact) mass is 589 g/mol. The lowest BCUT2D eigenvalue weighted by Gasteiger charge is -2.14. The molecule has 0 aliphatic carbocycles. The number of furan rings is 2. The average molecular weight is 590 g/mol. The highest BCUT2D eigenvalue weighted by Crippen LogP contribution is 2.49. The van der Waals surface area contributed by atoms with E-state index in [-0.39, 0.29) is 0 Å². The molecule has 7 aromatic carbocycles. The third-order valence-electron chi connectivity index (χ3n) is 9.50. The Labute approximate surface area is 261 Å². The first kappa shape index (κ1) is 24.0. The molecule has 0 saturated heterocycles. The number of nitrogens with zero attached hydrogens (tertiary/aromatic N) is 3. The normalized spacial score (nSPS) is 12.3. The van der Waals surface area contributed by atoms with Crippen molar-refractivity contribution in [2.45, 2.75) is 0 Å². The van der Waals surface area contributed by atoms with Gasteiger partial charge in [0.1, 0.15) is 22.3 Å². The van der Waals surface area contributed by atoms with Gasteiger partial charge < -0.3 is 8.83 Å². The van der Waals surface area contributed by atoms with Gasteiger partial charge >= 0.3 is 0 Å². The molecule has 0 amide bonds. The van der Waals surface area contributed by atoms with Crippen molar-refractivity contribution >= 4 is 87.5 Å². The summed E-state index contributed by atoms with van der Waals surface area (Å²) in [6.07, 6.45) is 0. The van der Waals surface area contributed by atoms with E-state index >= 15 is 0 Å². The van der Waals surface area contributed by atoms with Crippen LogP contribution in [-0.2, 0) is 0 Å². The van der Waals surface area contributed by atoms with Gasteiger partial charge in [0, 0.05) is 43.4 Å². The molecule has 46 heavy (non-hydrogen) atoms. The van der Waals surface area contributed by atoms with Gasteiger partial charge in [-0.05, 0) is 54.6 Å². The summed E-state index contributed by atoms with van der Waals surface area (Å²) in [6, 6.07) is 48.5. The van der Waals surface area contributed by atoms with E-state index in [9.17, 15) is 0 Å². The van der Waals surface area contributed by atoms with Crippen molar-refractivity contribution in [2.75, 3.05) is 0 Å². The number of hydrogen-bond acceptors (Lipinski definition) is 3. The van der Waals surface area contributed by atoms with Gasteiger partial charge in [-0.2, -0.15) is 0 Å². The van der Waals surface area contributed by atoms with Crippen molar-refractivity contribution in [3.05, 3.63) is 140 Å². The molecule has 11 rings (SSSR count). The molecule has 5 nitrogen and oxygen atoms in total. The minimum Gasteiger partial charge on any atom is -0.456 e. The van der Waals surface area contributed by atoms with Gasteiger partial charge in [0.15, 0.2) is 0 Å². The van der Waals surface area contributed by atoms with Crippen LogP contribution in [0.3, 0.4) is 0 Å². The molecular weight excluding hydrogens is 566 g/mol. The summed E-state index contributed by atoms with van der Waals surface area (Å²) in [6.45, 7) is 0. The van der Waals surface area contributed by atoms with Gasteiger partial charge in [-0.15, -0.1) is 0 Å². The molecule has 0 fully saturated rings. The van der Waals surface area contributed by atoms with Gasteiger partial charge in [0.25, 0.3) is 0 Å². The average Bonchev–Trinajstić information content (AvgIpc) is 3.87. The fraction of sp³-hybridized carbons (Fsp3) is 0. The quantitative estimate of drug-likeness (QED) is 0.202. The first-order valence-corrected chi connectivity index (χ1v) is 15.5. The molecule has 214 valence electrons. The number of fused-ring (bicyclic) bond motifs is 15. The molecule has 0 saturated carbocycles. The van der Waals surface area contributed by atoms with Crippen molar-refractivity contribution in [3.8, 4) is 11.6 Å². The molecule has 0 aliphatic rings. The second kappa shape index (κ2) is 8.65. The SMILES string of the molecule is c1ccc(-n2c(-n3c4ccccc4c4c5oc6ccccc6c5c5c(ccc6oc7ccccc7c65)c43)nc3ccccc32)cc1. The third kappa shape index (κ3) is 2.97. The lowest BCUT2D eigenvalue weighted by Crippen LogP contribution is -2.05. The van der Waals surface area contributed by atoms with E-state index in [1.54, 1.807) is 0 Å². The summed E-state index contributed by atoms with van der Waals surface area (Å²) in [5.41, 5.74) is 8.63. The van der Waals surface area contributed by atoms with Crippen LogP contribution >= 0.6 is 0 Å². The molecule has 0 atom stereocenters. The second-order valence-electron chi connectivity index (χ2n) is 11.9. The Balaban J connectivity index is 1.46. The van der Waals surface area contributed by atoms with Crippen LogP contribution in [-0.4, -0.2) is 14.1 Å². The molecule has 0 radical (unpaired) electrons. The summed E-state index contributed by atoms with van der Waals surface area (Å²) >= 11 is 0. The highest BCUT2D eigenvalue weighted by Gasteiger charge is 2.27. The van der Waals surface area contributed by atoms with E-state index in [0.717, 1.165) is 99.1 Å². The molecule has 5 heteroatoms. The zero-order valence-electron chi connectivity index (χ0n) is 24.4. The third-order valence-corrected chi connectivity index (χ3v) is 9.50. The largest absolute Gasteiger partial charge is 0.456 e. The van der Waals surface area contributed by atoms with Crippen LogP contribution in [0.25, 0.3) is 99.1 Å². The van der Waals surface area contributed by atoms with Crippen molar-refractivity contribution < 1.29 is 8.83 Å². The van der Waals surface area contributed by atoms with E-state index in [1.807, 2.05) is 18.2 Å². The molecule has 0 N–H and O–H groups in total. The second-order valence-corrected chi connectivity index (χ2v) is 11.9. The number of imidazole rings is 1. The van der Waals surface area contributed by atoms with Gasteiger partial charge in [0.05, 0.1) is 27.5 Å². The standard InChI is InChI=1S/C41H23N3O2/c1-2-12-24(13-3-1)43-31-19-9-7-17-29(31)42-41(43)44-30-18-8-4-14-25(30)38-39(44)28-22-23-34-35(26-15-5-10-20-32(26)45-34)36(28)37-27-16-6-11-21-33(27)46-40(37)38/h1-23H. The van der Waals surface area contributed by atoms with Gasteiger partial charge in [0.2, 0.25) is 5.95 Å². The fourth-order valence-electron chi connectivity index (χ4n) is 7.67. The maximum absolute atomic E-state index is 6.87.